The van der Waals surface area contributed by atoms with Gasteiger partial charge in [-0.1, -0.05) is 6.42 Å². The second-order valence-corrected chi connectivity index (χ2v) is 9.94. The van der Waals surface area contributed by atoms with Gasteiger partial charge in [0.1, 0.15) is 0 Å². The van der Waals surface area contributed by atoms with E-state index in [-0.39, 0.29) is 23.9 Å². The Kier molecular flexibility index (Phi) is 4.96. The third kappa shape index (κ3) is 3.61. The maximum absolute atomic E-state index is 13.4. The predicted octanol–water partition coefficient (Wildman–Crippen LogP) is 2.62. The molecule has 2 aliphatic carbocycles. The Labute approximate surface area is 158 Å². The molecule has 8 heteroatoms. The van der Waals surface area contributed by atoms with Crippen molar-refractivity contribution < 1.29 is 22.0 Å². The summed E-state index contributed by atoms with van der Waals surface area (Å²) < 4.78 is 52.9. The SMILES string of the molecule is O=C(CC1CC2CCC1C2)N1CCN(S(=O)(=O)c2ccc(F)c(F)c2)CC1. The third-order valence-corrected chi connectivity index (χ3v) is 8.34. The standard InChI is InChI=1S/C19H24F2N2O3S/c20-17-4-3-16(12-18(17)21)27(25,26)23-7-5-22(6-8-23)19(24)11-15-10-13-1-2-14(15)9-13/h3-4,12-15H,1-2,5-11H2. The number of amides is 1. The summed E-state index contributed by atoms with van der Waals surface area (Å²) in [5, 5.41) is 0. The van der Waals surface area contributed by atoms with E-state index in [9.17, 15) is 22.0 Å². The summed E-state index contributed by atoms with van der Waals surface area (Å²) in [4.78, 5) is 14.1. The highest BCUT2D eigenvalue weighted by Crippen LogP contribution is 2.49. The molecular weight excluding hydrogens is 374 g/mol. The Morgan fingerprint density at radius 2 is 1.78 bits per heavy atom. The molecule has 3 atom stereocenters. The lowest BCUT2D eigenvalue weighted by Gasteiger charge is -2.35. The Bertz CT molecular complexity index is 837. The number of halogens is 2. The smallest absolute Gasteiger partial charge is 0.243 e. The first-order valence-electron chi connectivity index (χ1n) is 9.57. The maximum Gasteiger partial charge on any atom is 0.243 e. The zero-order valence-corrected chi connectivity index (χ0v) is 15.9. The number of fused-ring (bicyclic) bond motifs is 2. The van der Waals surface area contributed by atoms with E-state index in [0.29, 0.717) is 37.4 Å². The van der Waals surface area contributed by atoms with E-state index >= 15 is 0 Å². The molecule has 2 saturated carbocycles. The van der Waals surface area contributed by atoms with E-state index in [1.807, 2.05) is 0 Å². The second-order valence-electron chi connectivity index (χ2n) is 8.00. The van der Waals surface area contributed by atoms with Crippen LogP contribution in [0.1, 0.15) is 32.1 Å². The van der Waals surface area contributed by atoms with E-state index in [1.54, 1.807) is 4.90 Å². The summed E-state index contributed by atoms with van der Waals surface area (Å²) in [5.74, 6) is -0.182. The number of hydrogen-bond acceptors (Lipinski definition) is 3. The van der Waals surface area contributed by atoms with Crippen molar-refractivity contribution in [1.82, 2.24) is 9.21 Å². The van der Waals surface area contributed by atoms with Gasteiger partial charge in [-0.05, 0) is 55.2 Å². The topological polar surface area (TPSA) is 57.7 Å². The second kappa shape index (κ2) is 7.13. The molecule has 1 aliphatic heterocycles. The minimum atomic E-state index is -3.89. The van der Waals surface area contributed by atoms with Crippen LogP contribution in [0.5, 0.6) is 0 Å². The van der Waals surface area contributed by atoms with Crippen molar-refractivity contribution in [2.24, 2.45) is 17.8 Å². The van der Waals surface area contributed by atoms with E-state index in [4.69, 9.17) is 0 Å². The highest BCUT2D eigenvalue weighted by molar-refractivity contribution is 7.89. The minimum absolute atomic E-state index is 0.109. The first-order chi connectivity index (χ1) is 12.8. The van der Waals surface area contributed by atoms with Crippen LogP contribution in [-0.2, 0) is 14.8 Å². The van der Waals surface area contributed by atoms with Crippen molar-refractivity contribution in [1.29, 1.82) is 0 Å². The van der Waals surface area contributed by atoms with Crippen LogP contribution < -0.4 is 0 Å². The fourth-order valence-electron chi connectivity index (χ4n) is 4.94. The summed E-state index contributed by atoms with van der Waals surface area (Å²) in [7, 11) is -3.89. The molecule has 1 amide bonds. The molecule has 148 valence electrons. The first kappa shape index (κ1) is 18.8. The number of nitrogens with zero attached hydrogens (tertiary/aromatic N) is 2. The van der Waals surface area contributed by atoms with Crippen molar-refractivity contribution in [2.75, 3.05) is 26.2 Å². The number of carbonyl (C=O) groups excluding carboxylic acids is 1. The van der Waals surface area contributed by atoms with Crippen LogP contribution in [0.2, 0.25) is 0 Å². The van der Waals surface area contributed by atoms with Crippen molar-refractivity contribution in [2.45, 2.75) is 37.0 Å². The van der Waals surface area contributed by atoms with Crippen molar-refractivity contribution in [3.8, 4) is 0 Å². The van der Waals surface area contributed by atoms with Gasteiger partial charge in [0.25, 0.3) is 0 Å². The van der Waals surface area contributed by atoms with E-state index in [1.165, 1.54) is 23.6 Å². The molecule has 2 bridgehead atoms. The van der Waals surface area contributed by atoms with E-state index < -0.39 is 21.7 Å². The van der Waals surface area contributed by atoms with Crippen molar-refractivity contribution in [3.05, 3.63) is 29.8 Å². The van der Waals surface area contributed by atoms with Gasteiger partial charge in [-0.25, -0.2) is 17.2 Å². The van der Waals surface area contributed by atoms with Gasteiger partial charge in [-0.15, -0.1) is 0 Å². The number of benzene rings is 1. The molecule has 0 spiro atoms. The van der Waals surface area contributed by atoms with E-state index in [2.05, 4.69) is 0 Å². The highest BCUT2D eigenvalue weighted by atomic mass is 32.2. The van der Waals surface area contributed by atoms with Gasteiger partial charge in [0.05, 0.1) is 4.90 Å². The third-order valence-electron chi connectivity index (χ3n) is 6.44. The quantitative estimate of drug-likeness (QED) is 0.784. The lowest BCUT2D eigenvalue weighted by Crippen LogP contribution is -2.50. The van der Waals surface area contributed by atoms with Crippen LogP contribution in [-0.4, -0.2) is 49.7 Å². The summed E-state index contributed by atoms with van der Waals surface area (Å²) in [6.07, 6.45) is 5.52. The van der Waals surface area contributed by atoms with Crippen LogP contribution in [0.4, 0.5) is 8.78 Å². The molecule has 3 unspecified atom stereocenters. The summed E-state index contributed by atoms with van der Waals surface area (Å²) in [6, 6.07) is 2.59. The molecule has 4 rings (SSSR count). The average Bonchev–Trinajstić information content (AvgIpc) is 3.27. The molecule has 0 aromatic heterocycles. The van der Waals surface area contributed by atoms with Crippen molar-refractivity contribution >= 4 is 15.9 Å². The molecule has 5 nitrogen and oxygen atoms in total. The van der Waals surface area contributed by atoms with Gasteiger partial charge >= 0.3 is 0 Å². The highest BCUT2D eigenvalue weighted by Gasteiger charge is 2.41. The average molecular weight is 398 g/mol. The lowest BCUT2D eigenvalue weighted by atomic mass is 9.86. The Morgan fingerprint density at radius 3 is 2.37 bits per heavy atom. The normalized spacial score (nSPS) is 28.7. The fraction of sp³-hybridized carbons (Fsp3) is 0.632. The van der Waals surface area contributed by atoms with Gasteiger partial charge in [0.15, 0.2) is 11.6 Å². The number of hydrogen-bond donors (Lipinski definition) is 0. The van der Waals surface area contributed by atoms with Crippen molar-refractivity contribution in [3.63, 3.8) is 0 Å². The largest absolute Gasteiger partial charge is 0.340 e. The Morgan fingerprint density at radius 1 is 1.04 bits per heavy atom. The number of rotatable bonds is 4. The molecule has 1 aromatic rings. The van der Waals surface area contributed by atoms with Crippen LogP contribution in [0.25, 0.3) is 0 Å². The van der Waals surface area contributed by atoms with Gasteiger partial charge in [0.2, 0.25) is 15.9 Å². The molecule has 0 radical (unpaired) electrons. The number of piperazine rings is 1. The molecule has 27 heavy (non-hydrogen) atoms. The van der Waals surface area contributed by atoms with Gasteiger partial charge in [-0.3, -0.25) is 4.79 Å². The molecular formula is C19H24F2N2O3S. The molecule has 1 aromatic carbocycles. The van der Waals surface area contributed by atoms with Crippen LogP contribution in [0.15, 0.2) is 23.1 Å². The van der Waals surface area contributed by atoms with Crippen LogP contribution in [0, 0.1) is 29.4 Å². The Balaban J connectivity index is 1.35. The van der Waals surface area contributed by atoms with Gasteiger partial charge < -0.3 is 4.90 Å². The molecule has 3 aliphatic rings. The minimum Gasteiger partial charge on any atom is -0.340 e. The summed E-state index contributed by atoms with van der Waals surface area (Å²) in [5.41, 5.74) is 0. The monoisotopic (exact) mass is 398 g/mol. The zero-order chi connectivity index (χ0) is 19.2. The van der Waals surface area contributed by atoms with Crippen LogP contribution in [0.3, 0.4) is 0 Å². The van der Waals surface area contributed by atoms with Gasteiger partial charge in [-0.2, -0.15) is 4.31 Å². The Hall–Kier alpha value is -1.54. The number of carbonyl (C=O) groups is 1. The molecule has 1 heterocycles. The fourth-order valence-corrected chi connectivity index (χ4v) is 6.38. The molecule has 0 N–H and O–H groups in total. The number of sulfonamides is 1. The first-order valence-corrected chi connectivity index (χ1v) is 11.0. The maximum atomic E-state index is 13.4. The summed E-state index contributed by atoms with van der Waals surface area (Å²) in [6.45, 7) is 1.01. The lowest BCUT2D eigenvalue weighted by molar-refractivity contribution is -0.133. The zero-order valence-electron chi connectivity index (χ0n) is 15.1. The molecule has 3 fully saturated rings. The van der Waals surface area contributed by atoms with Crippen LogP contribution >= 0.6 is 0 Å². The summed E-state index contributed by atoms with van der Waals surface area (Å²) >= 11 is 0. The van der Waals surface area contributed by atoms with Gasteiger partial charge in [0, 0.05) is 32.6 Å². The molecule has 1 saturated heterocycles. The predicted molar refractivity (Wildman–Crippen MR) is 95.3 cm³/mol. The van der Waals surface area contributed by atoms with E-state index in [0.717, 1.165) is 24.5 Å².